The lowest BCUT2D eigenvalue weighted by Gasteiger charge is -2.61. The van der Waals surface area contributed by atoms with Crippen LogP contribution in [0.5, 0.6) is 0 Å². The maximum absolute atomic E-state index is 13.3. The number of nitrogens with one attached hydrogen (secondary N) is 1. The Balaban J connectivity index is 1.43. The third-order valence-corrected chi connectivity index (χ3v) is 6.40. The van der Waals surface area contributed by atoms with Crippen molar-refractivity contribution in [3.8, 4) is 11.4 Å². The summed E-state index contributed by atoms with van der Waals surface area (Å²) in [6.07, 6.45) is 3.79. The van der Waals surface area contributed by atoms with Gasteiger partial charge in [-0.1, -0.05) is 18.5 Å². The van der Waals surface area contributed by atoms with Crippen LogP contribution in [0.2, 0.25) is 5.02 Å². The first kappa shape index (κ1) is 20.4. The van der Waals surface area contributed by atoms with E-state index in [0.717, 1.165) is 6.42 Å². The van der Waals surface area contributed by atoms with Gasteiger partial charge in [0.1, 0.15) is 11.9 Å². The summed E-state index contributed by atoms with van der Waals surface area (Å²) in [7, 11) is 1.76. The molecule has 3 amide bonds. The van der Waals surface area contributed by atoms with Gasteiger partial charge < -0.3 is 20.4 Å². The summed E-state index contributed by atoms with van der Waals surface area (Å²) >= 11 is 6.32. The maximum Gasteiger partial charge on any atom is 0.323 e. The fourth-order valence-electron chi connectivity index (χ4n) is 4.88. The van der Waals surface area contributed by atoms with Crippen LogP contribution < -0.4 is 11.1 Å². The molecular weight excluding hydrogens is 436 g/mol. The van der Waals surface area contributed by atoms with Crippen LogP contribution >= 0.6 is 11.6 Å². The fraction of sp³-hybridized carbons (Fsp3) is 0.400. The Morgan fingerprint density at radius 2 is 2.12 bits per heavy atom. The molecule has 6 rings (SSSR count). The number of benzene rings is 1. The molecule has 2 saturated heterocycles. The molecule has 4 heterocycles. The molecule has 11 nitrogen and oxygen atoms in total. The van der Waals surface area contributed by atoms with E-state index in [9.17, 15) is 9.59 Å². The van der Waals surface area contributed by atoms with E-state index in [-0.39, 0.29) is 23.9 Å². The molecule has 0 spiro atoms. The molecule has 2 aliphatic heterocycles. The van der Waals surface area contributed by atoms with Crippen molar-refractivity contribution in [1.29, 1.82) is 0 Å². The molecule has 1 aromatic carbocycles. The summed E-state index contributed by atoms with van der Waals surface area (Å²) in [5, 5.41) is 15.5. The standard InChI is InChI=1S/C20H21ClN8O3/c1-10-5-12-8-20(7-10,18-26-25-17(32-18)15(22)30)29(12)19(31)24-11-3-4-14(21)13(6-11)16-23-9-28(2)27-16/h3-4,6,9-10,12H,5,7-8H2,1-2H3,(H2,22,30)(H,24,31)/t10-,12+,20-/m1/s1. The molecule has 32 heavy (non-hydrogen) atoms. The molecule has 3 atom stereocenters. The zero-order chi connectivity index (χ0) is 22.6. The number of hydrogen-bond donors (Lipinski definition) is 2. The number of nitrogens with zero attached hydrogens (tertiary/aromatic N) is 6. The largest absolute Gasteiger partial charge is 0.414 e. The van der Waals surface area contributed by atoms with Gasteiger partial charge in [0, 0.05) is 30.8 Å². The highest BCUT2D eigenvalue weighted by Gasteiger charge is 2.62. The van der Waals surface area contributed by atoms with Crippen LogP contribution in [-0.2, 0) is 12.6 Å². The lowest BCUT2D eigenvalue weighted by atomic mass is 9.64. The second kappa shape index (κ2) is 7.30. The number of primary amides is 1. The summed E-state index contributed by atoms with van der Waals surface area (Å²) < 4.78 is 7.12. The summed E-state index contributed by atoms with van der Waals surface area (Å²) in [4.78, 5) is 30.7. The van der Waals surface area contributed by atoms with Crippen LogP contribution in [-0.4, -0.2) is 47.8 Å². The van der Waals surface area contributed by atoms with Gasteiger partial charge in [-0.25, -0.2) is 9.78 Å². The Labute approximate surface area is 187 Å². The van der Waals surface area contributed by atoms with Gasteiger partial charge in [-0.3, -0.25) is 9.48 Å². The van der Waals surface area contributed by atoms with Crippen molar-refractivity contribution >= 4 is 29.2 Å². The highest BCUT2D eigenvalue weighted by Crippen LogP contribution is 2.55. The van der Waals surface area contributed by atoms with E-state index in [1.54, 1.807) is 41.2 Å². The minimum Gasteiger partial charge on any atom is -0.414 e. The number of carbonyl (C=O) groups excluding carboxylic acids is 2. The summed E-state index contributed by atoms with van der Waals surface area (Å²) in [5.41, 5.74) is 5.67. The summed E-state index contributed by atoms with van der Waals surface area (Å²) in [6, 6.07) is 4.88. The monoisotopic (exact) mass is 456 g/mol. The fourth-order valence-corrected chi connectivity index (χ4v) is 5.08. The second-order valence-electron chi connectivity index (χ2n) is 8.45. The third-order valence-electron chi connectivity index (χ3n) is 6.07. The van der Waals surface area contributed by atoms with E-state index in [2.05, 4.69) is 32.5 Å². The lowest BCUT2D eigenvalue weighted by Crippen LogP contribution is -2.70. The van der Waals surface area contributed by atoms with E-state index >= 15 is 0 Å². The number of carbonyl (C=O) groups is 2. The first-order valence-electron chi connectivity index (χ1n) is 10.2. The Morgan fingerprint density at radius 1 is 1.31 bits per heavy atom. The number of amides is 3. The highest BCUT2D eigenvalue weighted by molar-refractivity contribution is 6.33. The molecule has 1 aliphatic carbocycles. The molecule has 2 bridgehead atoms. The first-order valence-corrected chi connectivity index (χ1v) is 10.5. The van der Waals surface area contributed by atoms with Crippen LogP contribution in [0.15, 0.2) is 28.9 Å². The number of fused-ring (bicyclic) bond motifs is 2. The molecular formula is C20H21ClN8O3. The zero-order valence-electron chi connectivity index (χ0n) is 17.4. The second-order valence-corrected chi connectivity index (χ2v) is 8.85. The van der Waals surface area contributed by atoms with Gasteiger partial charge in [0.2, 0.25) is 5.89 Å². The van der Waals surface area contributed by atoms with Crippen LogP contribution in [0.1, 0.15) is 42.8 Å². The Kier molecular flexibility index (Phi) is 4.66. The zero-order valence-corrected chi connectivity index (χ0v) is 18.2. The lowest BCUT2D eigenvalue weighted by molar-refractivity contribution is -0.110. The van der Waals surface area contributed by atoms with Crippen molar-refractivity contribution in [2.75, 3.05) is 5.32 Å². The Morgan fingerprint density at radius 3 is 2.81 bits per heavy atom. The molecule has 166 valence electrons. The minimum atomic E-state index is -0.798. The molecule has 12 heteroatoms. The minimum absolute atomic E-state index is 0.0342. The number of piperidine rings is 1. The van der Waals surface area contributed by atoms with Crippen LogP contribution in [0.3, 0.4) is 0 Å². The van der Waals surface area contributed by atoms with Crippen LogP contribution in [0.4, 0.5) is 10.5 Å². The van der Waals surface area contributed by atoms with Crippen molar-refractivity contribution in [3.05, 3.63) is 41.3 Å². The molecule has 3 aromatic rings. The van der Waals surface area contributed by atoms with Crippen molar-refractivity contribution in [3.63, 3.8) is 0 Å². The number of nitrogens with two attached hydrogens (primary N) is 1. The van der Waals surface area contributed by atoms with Gasteiger partial charge in [0.05, 0.1) is 5.02 Å². The average molecular weight is 457 g/mol. The van der Waals surface area contributed by atoms with Crippen molar-refractivity contribution in [1.82, 2.24) is 29.9 Å². The average Bonchev–Trinajstić information content (AvgIpc) is 3.38. The van der Waals surface area contributed by atoms with Gasteiger partial charge in [-0.05, 0) is 37.0 Å². The molecule has 2 aromatic heterocycles. The number of anilines is 1. The topological polar surface area (TPSA) is 145 Å². The number of rotatable bonds is 4. The highest BCUT2D eigenvalue weighted by atomic mass is 35.5. The van der Waals surface area contributed by atoms with Gasteiger partial charge >= 0.3 is 17.8 Å². The predicted molar refractivity (Wildman–Crippen MR) is 114 cm³/mol. The molecule has 3 N–H and O–H groups in total. The number of halogens is 1. The van der Waals surface area contributed by atoms with Crippen molar-refractivity contribution in [2.24, 2.45) is 18.7 Å². The van der Waals surface area contributed by atoms with Gasteiger partial charge in [-0.15, -0.1) is 10.2 Å². The Bertz CT molecular complexity index is 1220. The maximum atomic E-state index is 13.3. The Hall–Kier alpha value is -3.47. The number of aryl methyl sites for hydroxylation is 1. The number of aromatic nitrogens is 5. The smallest absolute Gasteiger partial charge is 0.323 e. The van der Waals surface area contributed by atoms with Crippen LogP contribution in [0.25, 0.3) is 11.4 Å². The molecule has 0 radical (unpaired) electrons. The van der Waals surface area contributed by atoms with Gasteiger partial charge in [0.25, 0.3) is 0 Å². The number of urea groups is 1. The van der Waals surface area contributed by atoms with E-state index in [1.165, 1.54) is 0 Å². The van der Waals surface area contributed by atoms with Crippen LogP contribution in [0, 0.1) is 5.92 Å². The van der Waals surface area contributed by atoms with E-state index < -0.39 is 11.4 Å². The van der Waals surface area contributed by atoms with Gasteiger partial charge in [-0.2, -0.15) is 5.10 Å². The molecule has 1 saturated carbocycles. The normalized spacial score (nSPS) is 24.2. The van der Waals surface area contributed by atoms with Crippen molar-refractivity contribution < 1.29 is 14.0 Å². The quantitative estimate of drug-likeness (QED) is 0.613. The van der Waals surface area contributed by atoms with Crippen molar-refractivity contribution in [2.45, 2.75) is 37.8 Å². The van der Waals surface area contributed by atoms with E-state index in [0.29, 0.717) is 40.9 Å². The number of hydrogen-bond acceptors (Lipinski definition) is 7. The molecule has 3 aliphatic rings. The SMILES string of the molecule is C[C@@H]1C[C@H]2C[C@@](c3nnc(C(N)=O)o3)(C1)N2C(=O)Nc1ccc(Cl)c(-c2ncn(C)n2)c1. The first-order chi connectivity index (χ1) is 15.3. The summed E-state index contributed by atoms with van der Waals surface area (Å²) in [6.45, 7) is 2.12. The van der Waals surface area contributed by atoms with E-state index in [4.69, 9.17) is 21.8 Å². The molecule has 0 unspecified atom stereocenters. The third kappa shape index (κ3) is 3.20. The molecule has 3 fully saturated rings. The summed E-state index contributed by atoms with van der Waals surface area (Å²) in [5.74, 6) is -0.00306. The van der Waals surface area contributed by atoms with E-state index in [1.807, 2.05) is 0 Å². The predicted octanol–water partition coefficient (Wildman–Crippen LogP) is 2.55. The van der Waals surface area contributed by atoms with Gasteiger partial charge in [0.15, 0.2) is 5.82 Å².